The van der Waals surface area contributed by atoms with Gasteiger partial charge in [0.2, 0.25) is 5.91 Å². The highest BCUT2D eigenvalue weighted by Crippen LogP contribution is 2.18. The van der Waals surface area contributed by atoms with E-state index < -0.39 is 0 Å². The van der Waals surface area contributed by atoms with E-state index in [1.165, 1.54) is 4.90 Å². The zero-order valence-corrected chi connectivity index (χ0v) is 9.15. The molecule has 0 bridgehead atoms. The van der Waals surface area contributed by atoms with Crippen LogP contribution in [-0.2, 0) is 4.79 Å². The molecule has 1 fully saturated rings. The molecule has 1 aliphatic heterocycles. The summed E-state index contributed by atoms with van der Waals surface area (Å²) in [6.45, 7) is 4.11. The predicted octanol–water partition coefficient (Wildman–Crippen LogP) is -1.34. The van der Waals surface area contributed by atoms with Crippen LogP contribution in [0.15, 0.2) is 0 Å². The number of carbonyl (C=O) groups is 1. The van der Waals surface area contributed by atoms with Crippen molar-refractivity contribution >= 4 is 5.91 Å². The van der Waals surface area contributed by atoms with E-state index in [0.717, 1.165) is 6.54 Å². The molecule has 1 saturated heterocycles. The van der Waals surface area contributed by atoms with Gasteiger partial charge in [-0.1, -0.05) is 6.92 Å². The molecule has 1 amide bonds. The second-order valence-corrected chi connectivity index (χ2v) is 4.01. The van der Waals surface area contributed by atoms with Crippen molar-refractivity contribution in [3.63, 3.8) is 0 Å². The maximum absolute atomic E-state index is 12.0. The van der Waals surface area contributed by atoms with Crippen molar-refractivity contribution in [1.29, 1.82) is 0 Å². The van der Waals surface area contributed by atoms with Crippen LogP contribution in [0.1, 0.15) is 6.92 Å². The monoisotopic (exact) mass is 216 g/mol. The summed E-state index contributed by atoms with van der Waals surface area (Å²) in [5.74, 6) is 0.357. The molecule has 1 rings (SSSR count). The number of nitrogens with zero attached hydrogens (tertiary/aromatic N) is 1. The van der Waals surface area contributed by atoms with Gasteiger partial charge in [0.25, 0.3) is 0 Å². The van der Waals surface area contributed by atoms with Crippen LogP contribution in [0, 0.1) is 11.8 Å². The molecule has 1 heterocycles. The van der Waals surface area contributed by atoms with E-state index >= 15 is 0 Å². The Bertz CT molecular complexity index is 205. The van der Waals surface area contributed by atoms with Crippen molar-refractivity contribution in [3.05, 3.63) is 0 Å². The molecule has 0 radical (unpaired) electrons. The Kier molecular flexibility index (Phi) is 5.01. The van der Waals surface area contributed by atoms with Crippen LogP contribution in [0.5, 0.6) is 0 Å². The second kappa shape index (κ2) is 6.05. The zero-order chi connectivity index (χ0) is 11.3. The molecule has 15 heavy (non-hydrogen) atoms. The molecule has 2 atom stereocenters. The maximum Gasteiger partial charge on any atom is 0.227 e. The number of nitrogens with one attached hydrogen (secondary N) is 1. The van der Waals surface area contributed by atoms with Gasteiger partial charge >= 0.3 is 0 Å². The summed E-state index contributed by atoms with van der Waals surface area (Å²) in [7, 11) is 0. The number of hydrogen-bond acceptors (Lipinski definition) is 4. The van der Waals surface area contributed by atoms with E-state index in [4.69, 9.17) is 10.2 Å². The minimum Gasteiger partial charge on any atom is -0.395 e. The minimum atomic E-state index is -0.0553. The SMILES string of the molecule is C[C@@H]1CNC[C@H]1C(=O)N(CCO)CCO. The molecule has 3 N–H and O–H groups in total. The largest absolute Gasteiger partial charge is 0.395 e. The van der Waals surface area contributed by atoms with Crippen molar-refractivity contribution in [1.82, 2.24) is 10.2 Å². The van der Waals surface area contributed by atoms with E-state index in [1.54, 1.807) is 0 Å². The smallest absolute Gasteiger partial charge is 0.227 e. The first-order valence-corrected chi connectivity index (χ1v) is 5.42. The molecule has 0 aromatic rings. The number of aliphatic hydroxyl groups is 2. The lowest BCUT2D eigenvalue weighted by molar-refractivity contribution is -0.137. The van der Waals surface area contributed by atoms with Crippen molar-refractivity contribution in [2.75, 3.05) is 39.4 Å². The van der Waals surface area contributed by atoms with Crippen LogP contribution >= 0.6 is 0 Å². The predicted molar refractivity (Wildman–Crippen MR) is 56.3 cm³/mol. The average molecular weight is 216 g/mol. The highest BCUT2D eigenvalue weighted by Gasteiger charge is 2.32. The van der Waals surface area contributed by atoms with Crippen molar-refractivity contribution < 1.29 is 15.0 Å². The molecule has 1 aliphatic rings. The minimum absolute atomic E-state index is 0.0110. The third-order valence-electron chi connectivity index (χ3n) is 2.89. The first kappa shape index (κ1) is 12.4. The van der Waals surface area contributed by atoms with Crippen LogP contribution in [0.3, 0.4) is 0 Å². The van der Waals surface area contributed by atoms with Gasteiger partial charge in [0.05, 0.1) is 19.1 Å². The summed E-state index contributed by atoms with van der Waals surface area (Å²) in [6.07, 6.45) is 0. The van der Waals surface area contributed by atoms with Crippen LogP contribution in [0.2, 0.25) is 0 Å². The van der Waals surface area contributed by atoms with Crippen LogP contribution in [0.4, 0.5) is 0 Å². The molecule has 0 spiro atoms. The van der Waals surface area contributed by atoms with Crippen LogP contribution in [0.25, 0.3) is 0 Å². The molecule has 5 nitrogen and oxygen atoms in total. The first-order chi connectivity index (χ1) is 7.20. The highest BCUT2D eigenvalue weighted by molar-refractivity contribution is 5.79. The van der Waals surface area contributed by atoms with Gasteiger partial charge in [-0.3, -0.25) is 4.79 Å². The fraction of sp³-hybridized carbons (Fsp3) is 0.900. The van der Waals surface area contributed by atoms with E-state index in [-0.39, 0.29) is 25.0 Å². The first-order valence-electron chi connectivity index (χ1n) is 5.42. The van der Waals surface area contributed by atoms with Crippen LogP contribution in [-0.4, -0.2) is 60.4 Å². The zero-order valence-electron chi connectivity index (χ0n) is 9.15. The van der Waals surface area contributed by atoms with E-state index in [9.17, 15) is 4.79 Å². The standard InChI is InChI=1S/C10H20N2O3/c1-8-6-11-7-9(8)10(15)12(2-4-13)3-5-14/h8-9,11,13-14H,2-7H2,1H3/t8-,9-/m1/s1. The molecule has 0 aromatic carbocycles. The molecule has 5 heteroatoms. The van der Waals surface area contributed by atoms with Gasteiger partial charge in [-0.25, -0.2) is 0 Å². The van der Waals surface area contributed by atoms with Gasteiger partial charge in [0.15, 0.2) is 0 Å². The van der Waals surface area contributed by atoms with Gasteiger partial charge in [-0.05, 0) is 12.5 Å². The molecule has 88 valence electrons. The number of amides is 1. The summed E-state index contributed by atoms with van der Waals surface area (Å²) >= 11 is 0. The molecule has 0 aromatic heterocycles. The van der Waals surface area contributed by atoms with E-state index in [1.807, 2.05) is 6.92 Å². The topological polar surface area (TPSA) is 72.8 Å². The maximum atomic E-state index is 12.0. The fourth-order valence-electron chi connectivity index (χ4n) is 1.95. The third kappa shape index (κ3) is 3.15. The Hall–Kier alpha value is -0.650. The Morgan fingerprint density at radius 1 is 1.33 bits per heavy atom. The van der Waals surface area contributed by atoms with Gasteiger partial charge in [-0.15, -0.1) is 0 Å². The molecule has 0 unspecified atom stereocenters. The summed E-state index contributed by atoms with van der Waals surface area (Å²) in [5, 5.41) is 20.8. The number of carbonyl (C=O) groups excluding carboxylic acids is 1. The van der Waals surface area contributed by atoms with Gasteiger partial charge in [0.1, 0.15) is 0 Å². The number of aliphatic hydroxyl groups excluding tert-OH is 2. The number of hydrogen-bond donors (Lipinski definition) is 3. The lowest BCUT2D eigenvalue weighted by atomic mass is 9.96. The van der Waals surface area contributed by atoms with E-state index in [2.05, 4.69) is 5.32 Å². The Balaban J connectivity index is 2.54. The Morgan fingerprint density at radius 3 is 2.33 bits per heavy atom. The van der Waals surface area contributed by atoms with Crippen molar-refractivity contribution in [2.24, 2.45) is 11.8 Å². The van der Waals surface area contributed by atoms with Gasteiger partial charge in [0, 0.05) is 19.6 Å². The fourth-order valence-corrected chi connectivity index (χ4v) is 1.95. The quantitative estimate of drug-likeness (QED) is 0.531. The van der Waals surface area contributed by atoms with Crippen molar-refractivity contribution in [2.45, 2.75) is 6.92 Å². The van der Waals surface area contributed by atoms with Gasteiger partial charge in [-0.2, -0.15) is 0 Å². The highest BCUT2D eigenvalue weighted by atomic mass is 16.3. The van der Waals surface area contributed by atoms with Crippen LogP contribution < -0.4 is 5.32 Å². The summed E-state index contributed by atoms with van der Waals surface area (Å²) in [6, 6.07) is 0. The molecule has 0 aliphatic carbocycles. The summed E-state index contributed by atoms with van der Waals surface area (Å²) in [5.41, 5.74) is 0. The molecular formula is C10H20N2O3. The lowest BCUT2D eigenvalue weighted by Crippen LogP contribution is -2.41. The second-order valence-electron chi connectivity index (χ2n) is 4.01. The Morgan fingerprint density at radius 2 is 1.93 bits per heavy atom. The van der Waals surface area contributed by atoms with Crippen molar-refractivity contribution in [3.8, 4) is 0 Å². The lowest BCUT2D eigenvalue weighted by Gasteiger charge is -2.25. The van der Waals surface area contributed by atoms with Gasteiger partial charge < -0.3 is 20.4 Å². The summed E-state index contributed by atoms with van der Waals surface area (Å²) in [4.78, 5) is 13.5. The molecular weight excluding hydrogens is 196 g/mol. The Labute approximate surface area is 90.1 Å². The normalized spacial score (nSPS) is 25.5. The number of rotatable bonds is 5. The average Bonchev–Trinajstić information content (AvgIpc) is 2.63. The molecule has 0 saturated carbocycles. The third-order valence-corrected chi connectivity index (χ3v) is 2.89. The van der Waals surface area contributed by atoms with E-state index in [0.29, 0.717) is 25.6 Å². The summed E-state index contributed by atoms with van der Waals surface area (Å²) < 4.78 is 0.